The number of nitrogens with one attached hydrogen (secondary N) is 1. The minimum atomic E-state index is -0.479. The Hall–Kier alpha value is -3.78. The molecule has 0 bridgehead atoms. The molecule has 0 fully saturated rings. The van der Waals surface area contributed by atoms with E-state index in [0.29, 0.717) is 40.1 Å². The van der Waals surface area contributed by atoms with E-state index in [2.05, 4.69) is 10.3 Å². The average molecular weight is 452 g/mol. The van der Waals surface area contributed by atoms with Crippen molar-refractivity contribution in [1.29, 1.82) is 0 Å². The number of fused-ring (bicyclic) bond motifs is 1. The van der Waals surface area contributed by atoms with Gasteiger partial charge >= 0.3 is 6.03 Å². The Bertz CT molecular complexity index is 1200. The number of benzene rings is 2. The van der Waals surface area contributed by atoms with E-state index in [-0.39, 0.29) is 6.03 Å². The number of pyridine rings is 1. The molecule has 164 valence electrons. The van der Waals surface area contributed by atoms with Gasteiger partial charge in [0.2, 0.25) is 5.91 Å². The number of urea groups is 1. The van der Waals surface area contributed by atoms with Crippen LogP contribution in [0.15, 0.2) is 54.7 Å². The lowest BCUT2D eigenvalue weighted by Gasteiger charge is -2.23. The summed E-state index contributed by atoms with van der Waals surface area (Å²) in [6.45, 7) is 0.709. The molecule has 1 aliphatic rings. The Balaban J connectivity index is 1.59. The van der Waals surface area contributed by atoms with E-state index < -0.39 is 5.91 Å². The van der Waals surface area contributed by atoms with Crippen LogP contribution < -0.4 is 25.6 Å². The second kappa shape index (κ2) is 8.76. The predicted octanol–water partition coefficient (Wildman–Crippen LogP) is 4.21. The highest BCUT2D eigenvalue weighted by Gasteiger charge is 2.24. The zero-order valence-electron chi connectivity index (χ0n) is 17.6. The normalized spacial score (nSPS) is 12.3. The fourth-order valence-corrected chi connectivity index (χ4v) is 3.85. The van der Waals surface area contributed by atoms with Crippen LogP contribution in [-0.2, 0) is 6.42 Å². The number of para-hydroxylation sites is 1. The third-order valence-corrected chi connectivity index (χ3v) is 5.71. The van der Waals surface area contributed by atoms with Crippen LogP contribution in [0.5, 0.6) is 5.75 Å². The van der Waals surface area contributed by atoms with Crippen molar-refractivity contribution in [3.8, 4) is 5.75 Å². The number of anilines is 4. The van der Waals surface area contributed by atoms with E-state index in [1.807, 2.05) is 17.0 Å². The highest BCUT2D eigenvalue weighted by Crippen LogP contribution is 2.36. The molecule has 3 N–H and O–H groups in total. The van der Waals surface area contributed by atoms with Crippen LogP contribution in [0, 0.1) is 0 Å². The number of halogens is 1. The molecule has 2 aromatic carbocycles. The highest BCUT2D eigenvalue weighted by atomic mass is 35.5. The Labute approximate surface area is 190 Å². The van der Waals surface area contributed by atoms with Gasteiger partial charge in [-0.25, -0.2) is 9.78 Å². The molecular weight excluding hydrogens is 430 g/mol. The quantitative estimate of drug-likeness (QED) is 0.605. The zero-order chi connectivity index (χ0) is 22.8. The minimum absolute atomic E-state index is 0.375. The second-order valence-corrected chi connectivity index (χ2v) is 7.70. The summed E-state index contributed by atoms with van der Waals surface area (Å²) in [5.74, 6) is 0.652. The molecule has 0 unspecified atom stereocenters. The number of amides is 3. The number of carbonyl (C=O) groups excluding carboxylic acids is 2. The molecule has 0 spiro atoms. The summed E-state index contributed by atoms with van der Waals surface area (Å²) in [5, 5.41) is 3.17. The summed E-state index contributed by atoms with van der Waals surface area (Å²) < 4.78 is 5.29. The summed E-state index contributed by atoms with van der Waals surface area (Å²) in [7, 11) is 3.17. The number of methoxy groups -OCH3 is 1. The maximum absolute atomic E-state index is 12.9. The van der Waals surface area contributed by atoms with Crippen LogP contribution in [0.25, 0.3) is 0 Å². The van der Waals surface area contributed by atoms with Crippen molar-refractivity contribution in [3.63, 3.8) is 0 Å². The number of nitrogens with two attached hydrogens (primary N) is 1. The number of primary amides is 1. The molecule has 0 radical (unpaired) electrons. The SMILES string of the molecule is COc1cccc(Cl)c1NC(=O)N(C)c1ccnc(N2CCc3ccc(C(N)=O)cc32)c1. The third-order valence-electron chi connectivity index (χ3n) is 5.39. The molecule has 3 aromatic rings. The number of hydrogen-bond acceptors (Lipinski definition) is 5. The standard InChI is InChI=1S/C23H22ClN5O3/c1-28(23(31)27-21-17(24)4-3-5-19(21)32-2)16-8-10-26-20(13-16)29-11-9-14-6-7-15(22(25)30)12-18(14)29/h3-8,10,12-13H,9,11H2,1-2H3,(H2,25,30)(H,27,31). The van der Waals surface area contributed by atoms with Crippen LogP contribution in [-0.4, -0.2) is 37.6 Å². The van der Waals surface area contributed by atoms with Gasteiger partial charge in [-0.05, 0) is 42.3 Å². The number of nitrogens with zero attached hydrogens (tertiary/aromatic N) is 3. The predicted molar refractivity (Wildman–Crippen MR) is 125 cm³/mol. The van der Waals surface area contributed by atoms with Crippen molar-refractivity contribution in [2.75, 3.05) is 35.8 Å². The molecule has 0 saturated carbocycles. The van der Waals surface area contributed by atoms with Gasteiger partial charge in [0, 0.05) is 37.1 Å². The number of hydrogen-bond donors (Lipinski definition) is 2. The van der Waals surface area contributed by atoms with Gasteiger partial charge in [-0.15, -0.1) is 0 Å². The number of ether oxygens (including phenoxy) is 1. The molecule has 9 heteroatoms. The summed E-state index contributed by atoms with van der Waals surface area (Å²) in [5.41, 5.74) is 8.92. The first kappa shape index (κ1) is 21.5. The molecule has 3 amide bonds. The van der Waals surface area contributed by atoms with Crippen molar-refractivity contribution in [3.05, 3.63) is 70.9 Å². The second-order valence-electron chi connectivity index (χ2n) is 7.29. The first-order chi connectivity index (χ1) is 15.4. The maximum atomic E-state index is 12.9. The topological polar surface area (TPSA) is 101 Å². The van der Waals surface area contributed by atoms with Gasteiger partial charge < -0.3 is 20.7 Å². The van der Waals surface area contributed by atoms with E-state index in [9.17, 15) is 9.59 Å². The third kappa shape index (κ3) is 4.04. The average Bonchev–Trinajstić information content (AvgIpc) is 3.23. The molecule has 0 saturated heterocycles. The van der Waals surface area contributed by atoms with E-state index in [4.69, 9.17) is 22.1 Å². The number of carbonyl (C=O) groups is 2. The molecule has 0 aliphatic carbocycles. The van der Waals surface area contributed by atoms with Gasteiger partial charge in [-0.2, -0.15) is 0 Å². The lowest BCUT2D eigenvalue weighted by Crippen LogP contribution is -2.31. The molecule has 0 atom stereocenters. The first-order valence-electron chi connectivity index (χ1n) is 9.92. The van der Waals surface area contributed by atoms with Crippen molar-refractivity contribution in [1.82, 2.24) is 4.98 Å². The first-order valence-corrected chi connectivity index (χ1v) is 10.3. The Morgan fingerprint density at radius 2 is 2.03 bits per heavy atom. The largest absolute Gasteiger partial charge is 0.495 e. The van der Waals surface area contributed by atoms with E-state index >= 15 is 0 Å². The van der Waals surface area contributed by atoms with Gasteiger partial charge in [0.25, 0.3) is 0 Å². The van der Waals surface area contributed by atoms with Crippen molar-refractivity contribution >= 4 is 46.4 Å². The summed E-state index contributed by atoms with van der Waals surface area (Å²) in [6.07, 6.45) is 2.46. The molecule has 2 heterocycles. The highest BCUT2D eigenvalue weighted by molar-refractivity contribution is 6.34. The number of aromatic nitrogens is 1. The summed E-state index contributed by atoms with van der Waals surface area (Å²) in [6, 6.07) is 13.7. The molecule has 1 aliphatic heterocycles. The van der Waals surface area contributed by atoms with Crippen molar-refractivity contribution in [2.24, 2.45) is 5.73 Å². The van der Waals surface area contributed by atoms with Crippen LogP contribution in [0.2, 0.25) is 5.02 Å². The molecule has 4 rings (SSSR count). The van der Waals surface area contributed by atoms with Crippen LogP contribution in [0.1, 0.15) is 15.9 Å². The zero-order valence-corrected chi connectivity index (χ0v) is 18.4. The Morgan fingerprint density at radius 3 is 2.78 bits per heavy atom. The van der Waals surface area contributed by atoms with Gasteiger partial charge in [0.15, 0.2) is 0 Å². The van der Waals surface area contributed by atoms with E-state index in [1.54, 1.807) is 49.6 Å². The summed E-state index contributed by atoms with van der Waals surface area (Å²) in [4.78, 5) is 32.4. The van der Waals surface area contributed by atoms with Gasteiger partial charge in [0.1, 0.15) is 17.3 Å². The molecule has 1 aromatic heterocycles. The van der Waals surface area contributed by atoms with Crippen LogP contribution in [0.3, 0.4) is 0 Å². The van der Waals surface area contributed by atoms with Crippen molar-refractivity contribution in [2.45, 2.75) is 6.42 Å². The summed E-state index contributed by atoms with van der Waals surface area (Å²) >= 11 is 6.23. The maximum Gasteiger partial charge on any atom is 0.326 e. The van der Waals surface area contributed by atoms with E-state index in [0.717, 1.165) is 17.7 Å². The van der Waals surface area contributed by atoms with Gasteiger partial charge in [0.05, 0.1) is 17.8 Å². The van der Waals surface area contributed by atoms with Crippen LogP contribution >= 0.6 is 11.6 Å². The van der Waals surface area contributed by atoms with Crippen LogP contribution in [0.4, 0.5) is 27.7 Å². The minimum Gasteiger partial charge on any atom is -0.495 e. The fraction of sp³-hybridized carbons (Fsp3) is 0.174. The lowest BCUT2D eigenvalue weighted by molar-refractivity contribution is 0.100. The Kier molecular flexibility index (Phi) is 5.87. The van der Waals surface area contributed by atoms with Crippen molar-refractivity contribution < 1.29 is 14.3 Å². The molecule has 32 heavy (non-hydrogen) atoms. The molecular formula is C23H22ClN5O3. The van der Waals surface area contributed by atoms with E-state index in [1.165, 1.54) is 12.0 Å². The fourth-order valence-electron chi connectivity index (χ4n) is 3.64. The smallest absolute Gasteiger partial charge is 0.326 e. The van der Waals surface area contributed by atoms with Gasteiger partial charge in [-0.3, -0.25) is 9.69 Å². The number of rotatable bonds is 5. The molecule has 8 nitrogen and oxygen atoms in total. The van der Waals surface area contributed by atoms with Gasteiger partial charge in [-0.1, -0.05) is 23.7 Å². The Morgan fingerprint density at radius 1 is 1.22 bits per heavy atom. The monoisotopic (exact) mass is 451 g/mol. The lowest BCUT2D eigenvalue weighted by atomic mass is 10.1.